The second-order valence-electron chi connectivity index (χ2n) is 2.21. The zero-order valence-corrected chi connectivity index (χ0v) is 7.47. The molecule has 1 aromatic rings. The topological polar surface area (TPSA) is 38.9 Å². The van der Waals surface area contributed by atoms with Gasteiger partial charge in [-0.2, -0.15) is 0 Å². The third-order valence-electron chi connectivity index (χ3n) is 1.20. The van der Waals surface area contributed by atoms with Gasteiger partial charge in [-0.3, -0.25) is 4.98 Å². The predicted molar refractivity (Wildman–Crippen MR) is 54.2 cm³/mol. The Labute approximate surface area is 76.2 Å². The molecule has 12 heavy (non-hydrogen) atoms. The Hall–Kier alpha value is -1.22. The standard InChI is InChI=1S/C9H10N2S/c1-7(12-8(2)10)9-5-3-4-6-11-9/h3-6H,1-2,10H2. The summed E-state index contributed by atoms with van der Waals surface area (Å²) in [4.78, 5) is 4.94. The summed E-state index contributed by atoms with van der Waals surface area (Å²) in [5.41, 5.74) is 6.25. The van der Waals surface area contributed by atoms with Crippen LogP contribution in [0, 0.1) is 0 Å². The molecule has 0 unspecified atom stereocenters. The first-order chi connectivity index (χ1) is 5.70. The van der Waals surface area contributed by atoms with Crippen LogP contribution in [0.2, 0.25) is 0 Å². The molecule has 0 fully saturated rings. The summed E-state index contributed by atoms with van der Waals surface area (Å²) >= 11 is 1.33. The van der Waals surface area contributed by atoms with E-state index in [1.165, 1.54) is 11.8 Å². The predicted octanol–water partition coefficient (Wildman–Crippen LogP) is 2.22. The van der Waals surface area contributed by atoms with Gasteiger partial charge in [0.1, 0.15) is 0 Å². The Balaban J connectivity index is 2.73. The number of aromatic nitrogens is 1. The zero-order chi connectivity index (χ0) is 8.97. The van der Waals surface area contributed by atoms with Gasteiger partial charge in [0.15, 0.2) is 0 Å². The van der Waals surface area contributed by atoms with Crippen molar-refractivity contribution in [1.82, 2.24) is 4.98 Å². The fourth-order valence-corrected chi connectivity index (χ4v) is 1.28. The molecule has 0 aliphatic heterocycles. The van der Waals surface area contributed by atoms with E-state index < -0.39 is 0 Å². The van der Waals surface area contributed by atoms with Gasteiger partial charge >= 0.3 is 0 Å². The van der Waals surface area contributed by atoms with Crippen molar-refractivity contribution >= 4 is 16.7 Å². The first-order valence-corrected chi connectivity index (χ1v) is 4.24. The number of thioether (sulfide) groups is 1. The first-order valence-electron chi connectivity index (χ1n) is 3.42. The summed E-state index contributed by atoms with van der Waals surface area (Å²) in [6, 6.07) is 5.66. The highest BCUT2D eigenvalue weighted by molar-refractivity contribution is 8.11. The van der Waals surface area contributed by atoms with Gasteiger partial charge in [-0.1, -0.05) is 31.0 Å². The van der Waals surface area contributed by atoms with Crippen LogP contribution in [-0.4, -0.2) is 4.98 Å². The maximum atomic E-state index is 5.41. The number of hydrogen-bond acceptors (Lipinski definition) is 3. The maximum Gasteiger partial charge on any atom is 0.0763 e. The molecule has 2 nitrogen and oxygen atoms in total. The minimum Gasteiger partial charge on any atom is -0.394 e. The van der Waals surface area contributed by atoms with Crippen molar-refractivity contribution in [2.45, 2.75) is 0 Å². The van der Waals surface area contributed by atoms with E-state index >= 15 is 0 Å². The highest BCUT2D eigenvalue weighted by atomic mass is 32.2. The summed E-state index contributed by atoms with van der Waals surface area (Å²) in [5.74, 6) is 0. The summed E-state index contributed by atoms with van der Waals surface area (Å²) < 4.78 is 0. The van der Waals surface area contributed by atoms with E-state index in [0.717, 1.165) is 10.6 Å². The van der Waals surface area contributed by atoms with Crippen LogP contribution in [-0.2, 0) is 0 Å². The molecule has 0 aliphatic carbocycles. The van der Waals surface area contributed by atoms with Crippen molar-refractivity contribution in [3.8, 4) is 0 Å². The number of nitrogens with two attached hydrogens (primary N) is 1. The summed E-state index contributed by atoms with van der Waals surface area (Å²) in [6.07, 6.45) is 1.72. The monoisotopic (exact) mass is 178 g/mol. The Morgan fingerprint density at radius 1 is 1.42 bits per heavy atom. The Morgan fingerprint density at radius 3 is 2.67 bits per heavy atom. The van der Waals surface area contributed by atoms with E-state index in [1.807, 2.05) is 18.2 Å². The van der Waals surface area contributed by atoms with Gasteiger partial charge in [-0.05, 0) is 12.1 Å². The zero-order valence-electron chi connectivity index (χ0n) is 6.66. The average molecular weight is 178 g/mol. The van der Waals surface area contributed by atoms with Gasteiger partial charge in [-0.25, -0.2) is 0 Å². The Kier molecular flexibility index (Phi) is 2.94. The summed E-state index contributed by atoms with van der Waals surface area (Å²) in [6.45, 7) is 7.40. The van der Waals surface area contributed by atoms with E-state index in [-0.39, 0.29) is 0 Å². The summed E-state index contributed by atoms with van der Waals surface area (Å²) in [7, 11) is 0. The van der Waals surface area contributed by atoms with Crippen LogP contribution in [0.15, 0.2) is 42.6 Å². The van der Waals surface area contributed by atoms with E-state index in [0.29, 0.717) is 5.03 Å². The van der Waals surface area contributed by atoms with E-state index in [9.17, 15) is 0 Å². The molecule has 1 aromatic heterocycles. The van der Waals surface area contributed by atoms with Gasteiger partial charge in [0, 0.05) is 11.1 Å². The van der Waals surface area contributed by atoms with E-state index in [2.05, 4.69) is 18.1 Å². The van der Waals surface area contributed by atoms with Crippen molar-refractivity contribution in [2.24, 2.45) is 5.73 Å². The molecule has 0 aliphatic rings. The minimum atomic E-state index is 0.533. The molecule has 0 saturated carbocycles. The van der Waals surface area contributed by atoms with Crippen LogP contribution in [0.5, 0.6) is 0 Å². The molecule has 0 amide bonds. The van der Waals surface area contributed by atoms with Gasteiger partial charge in [0.25, 0.3) is 0 Å². The fourth-order valence-electron chi connectivity index (χ4n) is 0.738. The molecule has 0 bridgehead atoms. The second-order valence-corrected chi connectivity index (χ2v) is 3.43. The Morgan fingerprint density at radius 2 is 2.17 bits per heavy atom. The third-order valence-corrected chi connectivity index (χ3v) is 1.92. The maximum absolute atomic E-state index is 5.41. The van der Waals surface area contributed by atoms with Crippen LogP contribution >= 0.6 is 11.8 Å². The average Bonchev–Trinajstić information content (AvgIpc) is 2.05. The second kappa shape index (κ2) is 3.97. The number of rotatable bonds is 3. The van der Waals surface area contributed by atoms with Crippen molar-refractivity contribution in [3.63, 3.8) is 0 Å². The van der Waals surface area contributed by atoms with Crippen LogP contribution < -0.4 is 5.73 Å². The smallest absolute Gasteiger partial charge is 0.0763 e. The first kappa shape index (κ1) is 8.87. The van der Waals surface area contributed by atoms with Gasteiger partial charge in [0.05, 0.1) is 10.7 Å². The molecular formula is C9H10N2S. The van der Waals surface area contributed by atoms with Crippen LogP contribution in [0.1, 0.15) is 5.69 Å². The molecule has 3 heteroatoms. The lowest BCUT2D eigenvalue weighted by Crippen LogP contribution is -1.90. The van der Waals surface area contributed by atoms with Gasteiger partial charge in [-0.15, -0.1) is 0 Å². The molecular weight excluding hydrogens is 168 g/mol. The molecule has 1 rings (SSSR count). The molecule has 0 saturated heterocycles. The lowest BCUT2D eigenvalue weighted by Gasteiger charge is -2.02. The fraction of sp³-hybridized carbons (Fsp3) is 0. The lowest BCUT2D eigenvalue weighted by molar-refractivity contribution is 1.29. The van der Waals surface area contributed by atoms with Crippen LogP contribution in [0.3, 0.4) is 0 Å². The van der Waals surface area contributed by atoms with Gasteiger partial charge in [0.2, 0.25) is 0 Å². The molecule has 0 spiro atoms. The highest BCUT2D eigenvalue weighted by Gasteiger charge is 1.99. The van der Waals surface area contributed by atoms with Crippen LogP contribution in [0.4, 0.5) is 0 Å². The van der Waals surface area contributed by atoms with Crippen molar-refractivity contribution < 1.29 is 0 Å². The normalized spacial score (nSPS) is 9.33. The van der Waals surface area contributed by atoms with E-state index in [4.69, 9.17) is 5.73 Å². The molecule has 0 atom stereocenters. The molecule has 0 aromatic carbocycles. The molecule has 62 valence electrons. The van der Waals surface area contributed by atoms with Crippen molar-refractivity contribution in [3.05, 3.63) is 48.3 Å². The SMILES string of the molecule is C=C(N)SC(=C)c1ccccn1. The van der Waals surface area contributed by atoms with Gasteiger partial charge < -0.3 is 5.73 Å². The van der Waals surface area contributed by atoms with Crippen molar-refractivity contribution in [2.75, 3.05) is 0 Å². The van der Waals surface area contributed by atoms with E-state index in [1.54, 1.807) is 6.20 Å². The number of pyridine rings is 1. The van der Waals surface area contributed by atoms with Crippen LogP contribution in [0.25, 0.3) is 4.91 Å². The Bertz CT molecular complexity index is 293. The third kappa shape index (κ3) is 2.43. The lowest BCUT2D eigenvalue weighted by atomic mass is 10.3. The molecule has 1 heterocycles. The molecule has 2 N–H and O–H groups in total. The molecule has 0 radical (unpaired) electrons. The number of nitrogens with zero attached hydrogens (tertiary/aromatic N) is 1. The number of hydrogen-bond donors (Lipinski definition) is 1. The summed E-state index contributed by atoms with van der Waals surface area (Å²) in [5, 5.41) is 0.533. The quantitative estimate of drug-likeness (QED) is 0.771. The minimum absolute atomic E-state index is 0.533. The largest absolute Gasteiger partial charge is 0.394 e. The highest BCUT2D eigenvalue weighted by Crippen LogP contribution is 2.26. The van der Waals surface area contributed by atoms with Crippen molar-refractivity contribution in [1.29, 1.82) is 0 Å².